The van der Waals surface area contributed by atoms with Gasteiger partial charge in [-0.05, 0) is 109 Å². The molecule has 0 atom stereocenters. The van der Waals surface area contributed by atoms with E-state index in [1.54, 1.807) is 0 Å². The van der Waals surface area contributed by atoms with E-state index in [0.717, 1.165) is 51.2 Å². The summed E-state index contributed by atoms with van der Waals surface area (Å²) in [7, 11) is 0. The molecular weight excluding hydrogens is 430 g/mol. The van der Waals surface area contributed by atoms with Gasteiger partial charge in [-0.1, -0.05) is 18.2 Å². The van der Waals surface area contributed by atoms with Crippen LogP contribution in [-0.2, 0) is 0 Å². The molecule has 35 heavy (non-hydrogen) atoms. The van der Waals surface area contributed by atoms with Gasteiger partial charge in [0.25, 0.3) is 0 Å². The molecule has 5 heteroatoms. The van der Waals surface area contributed by atoms with E-state index in [-0.39, 0.29) is 0 Å². The maximum atomic E-state index is 5.73. The van der Waals surface area contributed by atoms with Crippen LogP contribution in [0, 0.1) is 0 Å². The van der Waals surface area contributed by atoms with E-state index in [4.69, 9.17) is 10.7 Å². The Morgan fingerprint density at radius 2 is 0.800 bits per heavy atom. The van der Waals surface area contributed by atoms with E-state index in [2.05, 4.69) is 39.9 Å². The largest absolute Gasteiger partial charge is 0.399 e. The topological polar surface area (TPSA) is 74.8 Å². The van der Waals surface area contributed by atoms with E-state index >= 15 is 0 Å². The number of hydrogen-bond donors (Lipinski definition) is 3. The van der Waals surface area contributed by atoms with Gasteiger partial charge in [0.1, 0.15) is 0 Å². The Bertz CT molecular complexity index is 1380. The third kappa shape index (κ3) is 6.12. The number of nitrogens with two attached hydrogens (primary N) is 1. The molecule has 0 aliphatic heterocycles. The van der Waals surface area contributed by atoms with Gasteiger partial charge in [0, 0.05) is 28.4 Å². The monoisotopic (exact) mass is 455 g/mol. The summed E-state index contributed by atoms with van der Waals surface area (Å²) in [6.45, 7) is 0. The smallest absolute Gasteiger partial charge is 0.0638 e. The van der Waals surface area contributed by atoms with Crippen LogP contribution in [-0.4, -0.2) is 11.4 Å². The van der Waals surface area contributed by atoms with E-state index in [1.165, 1.54) is 0 Å². The SMILES string of the molecule is Nc1ccc(N=C2C=CC(=Nc3ccc(Nc4ccc(Nc5ccccc5)cc4)cc3)C=C2)cc1. The molecule has 1 aliphatic carbocycles. The van der Waals surface area contributed by atoms with Gasteiger partial charge in [-0.15, -0.1) is 0 Å². The predicted molar refractivity (Wildman–Crippen MR) is 149 cm³/mol. The van der Waals surface area contributed by atoms with E-state index < -0.39 is 0 Å². The minimum absolute atomic E-state index is 0.730. The van der Waals surface area contributed by atoms with Crippen LogP contribution in [0.2, 0.25) is 0 Å². The molecule has 0 saturated heterocycles. The molecule has 0 radical (unpaired) electrons. The first kappa shape index (κ1) is 21.9. The summed E-state index contributed by atoms with van der Waals surface area (Å²) in [5, 5.41) is 6.82. The van der Waals surface area contributed by atoms with Crippen molar-refractivity contribution in [2.45, 2.75) is 0 Å². The zero-order valence-electron chi connectivity index (χ0n) is 19.1. The first-order valence-corrected chi connectivity index (χ1v) is 11.4. The molecule has 0 bridgehead atoms. The summed E-state index contributed by atoms with van der Waals surface area (Å²) in [6.07, 6.45) is 7.85. The Labute approximate surface area is 205 Å². The normalized spacial score (nSPS) is 12.3. The number of nitrogen functional groups attached to an aromatic ring is 1. The number of nitrogens with one attached hydrogen (secondary N) is 2. The predicted octanol–water partition coefficient (Wildman–Crippen LogP) is 7.73. The van der Waals surface area contributed by atoms with Crippen molar-refractivity contribution in [1.29, 1.82) is 0 Å². The Balaban J connectivity index is 1.18. The van der Waals surface area contributed by atoms with Crippen molar-refractivity contribution in [3.05, 3.63) is 127 Å². The number of allylic oxidation sites excluding steroid dienone is 4. The molecule has 0 aromatic heterocycles. The van der Waals surface area contributed by atoms with Crippen molar-refractivity contribution in [3.8, 4) is 0 Å². The quantitative estimate of drug-likeness (QED) is 0.206. The zero-order valence-corrected chi connectivity index (χ0v) is 19.1. The molecule has 0 amide bonds. The maximum Gasteiger partial charge on any atom is 0.0638 e. The number of benzene rings is 4. The fourth-order valence-corrected chi connectivity index (χ4v) is 3.56. The maximum absolute atomic E-state index is 5.73. The lowest BCUT2D eigenvalue weighted by Crippen LogP contribution is -1.99. The number of nitrogens with zero attached hydrogens (tertiary/aromatic N) is 2. The summed E-state index contributed by atoms with van der Waals surface area (Å²) in [5.74, 6) is 0. The Morgan fingerprint density at radius 3 is 1.26 bits per heavy atom. The fraction of sp³-hybridized carbons (Fsp3) is 0. The van der Waals surface area contributed by atoms with Crippen LogP contribution in [0.3, 0.4) is 0 Å². The lowest BCUT2D eigenvalue weighted by Gasteiger charge is -2.10. The summed E-state index contributed by atoms with van der Waals surface area (Å²) in [5.41, 5.74) is 14.1. The van der Waals surface area contributed by atoms with Gasteiger partial charge in [-0.3, -0.25) is 0 Å². The highest BCUT2D eigenvalue weighted by Crippen LogP contribution is 2.24. The van der Waals surface area contributed by atoms with Gasteiger partial charge in [0.15, 0.2) is 0 Å². The number of anilines is 5. The second kappa shape index (κ2) is 10.4. The third-order valence-corrected chi connectivity index (χ3v) is 5.36. The van der Waals surface area contributed by atoms with Crippen LogP contribution >= 0.6 is 0 Å². The molecule has 0 fully saturated rings. The minimum atomic E-state index is 0.730. The highest BCUT2D eigenvalue weighted by Gasteiger charge is 2.02. The summed E-state index contributed by atoms with van der Waals surface area (Å²) < 4.78 is 0. The Hall–Kier alpha value is -4.90. The minimum Gasteiger partial charge on any atom is -0.399 e. The highest BCUT2D eigenvalue weighted by molar-refractivity contribution is 6.19. The van der Waals surface area contributed by atoms with Crippen LogP contribution < -0.4 is 16.4 Å². The second-order valence-electron chi connectivity index (χ2n) is 8.07. The molecule has 4 N–H and O–H groups in total. The van der Waals surface area contributed by atoms with Crippen molar-refractivity contribution in [2.24, 2.45) is 9.98 Å². The molecule has 5 rings (SSSR count). The average molecular weight is 456 g/mol. The van der Waals surface area contributed by atoms with Crippen LogP contribution in [0.4, 0.5) is 39.8 Å². The van der Waals surface area contributed by atoms with Crippen molar-refractivity contribution in [3.63, 3.8) is 0 Å². The van der Waals surface area contributed by atoms with Gasteiger partial charge in [-0.25, -0.2) is 9.98 Å². The molecule has 0 spiro atoms. The van der Waals surface area contributed by atoms with Crippen molar-refractivity contribution < 1.29 is 0 Å². The van der Waals surface area contributed by atoms with Crippen LogP contribution in [0.5, 0.6) is 0 Å². The van der Waals surface area contributed by atoms with E-state index in [9.17, 15) is 0 Å². The number of para-hydroxylation sites is 1. The second-order valence-corrected chi connectivity index (χ2v) is 8.07. The molecule has 4 aromatic carbocycles. The van der Waals surface area contributed by atoms with Gasteiger partial charge in [0.2, 0.25) is 0 Å². The van der Waals surface area contributed by atoms with Gasteiger partial charge >= 0.3 is 0 Å². The van der Waals surface area contributed by atoms with Crippen molar-refractivity contribution in [2.75, 3.05) is 16.4 Å². The molecule has 1 aliphatic rings. The molecular formula is C30H25N5. The average Bonchev–Trinajstić information content (AvgIpc) is 2.89. The lowest BCUT2D eigenvalue weighted by atomic mass is 10.1. The third-order valence-electron chi connectivity index (χ3n) is 5.36. The molecule has 4 aromatic rings. The van der Waals surface area contributed by atoms with E-state index in [1.807, 2.05) is 103 Å². The van der Waals surface area contributed by atoms with Crippen LogP contribution in [0.25, 0.3) is 0 Å². The summed E-state index contributed by atoms with van der Waals surface area (Å²) in [4.78, 5) is 9.30. The number of rotatable bonds is 6. The molecule has 0 heterocycles. The molecule has 170 valence electrons. The van der Waals surface area contributed by atoms with Crippen LogP contribution in [0.1, 0.15) is 0 Å². The standard InChI is InChI=1S/C30H25N5/c31-22-6-8-24(9-7-22)33-26-14-16-28(17-15-26)35-30-20-18-29(19-21-30)34-27-12-10-25(11-13-27)32-23-4-2-1-3-5-23/h1-21,32,34H,31H2. The molecule has 0 saturated carbocycles. The molecule has 5 nitrogen and oxygen atoms in total. The summed E-state index contributed by atoms with van der Waals surface area (Å²) in [6, 6.07) is 33.9. The first-order valence-electron chi connectivity index (χ1n) is 11.4. The van der Waals surface area contributed by atoms with E-state index in [0.29, 0.717) is 0 Å². The fourth-order valence-electron chi connectivity index (χ4n) is 3.56. The zero-order chi connectivity index (χ0) is 23.9. The van der Waals surface area contributed by atoms with Crippen molar-refractivity contribution >= 4 is 51.2 Å². The first-order chi connectivity index (χ1) is 17.2. The number of hydrogen-bond acceptors (Lipinski definition) is 5. The van der Waals surface area contributed by atoms with Gasteiger partial charge < -0.3 is 16.4 Å². The highest BCUT2D eigenvalue weighted by atomic mass is 14.9. The van der Waals surface area contributed by atoms with Gasteiger partial charge in [-0.2, -0.15) is 0 Å². The van der Waals surface area contributed by atoms with Crippen LogP contribution in [0.15, 0.2) is 137 Å². The van der Waals surface area contributed by atoms with Crippen molar-refractivity contribution in [1.82, 2.24) is 0 Å². The molecule has 0 unspecified atom stereocenters. The Morgan fingerprint density at radius 1 is 0.429 bits per heavy atom. The summed E-state index contributed by atoms with van der Waals surface area (Å²) >= 11 is 0. The number of aliphatic imine (C=N–C) groups is 2. The lowest BCUT2D eigenvalue weighted by molar-refractivity contribution is 1.48. The van der Waals surface area contributed by atoms with Gasteiger partial charge in [0.05, 0.1) is 22.8 Å². The Kier molecular flexibility index (Phi) is 6.49.